The van der Waals surface area contributed by atoms with Crippen molar-refractivity contribution in [3.63, 3.8) is 0 Å². The Morgan fingerprint density at radius 1 is 1.38 bits per heavy atom. The predicted octanol–water partition coefficient (Wildman–Crippen LogP) is 1.32. The molecular formula is C14H16N2O4S. The molecule has 0 bridgehead atoms. The van der Waals surface area contributed by atoms with Crippen LogP contribution in [0.4, 0.5) is 0 Å². The van der Waals surface area contributed by atoms with Crippen molar-refractivity contribution < 1.29 is 17.9 Å². The topological polar surface area (TPSA) is 87.5 Å². The van der Waals surface area contributed by atoms with Gasteiger partial charge < -0.3 is 9.64 Å². The highest BCUT2D eigenvalue weighted by Gasteiger charge is 2.21. The SMILES string of the molecule is CCOC(=O)CN(C)/C=C(\C#N)S(=O)(=O)c1ccccc1. The molecular weight excluding hydrogens is 292 g/mol. The van der Waals surface area contributed by atoms with Crippen LogP contribution in [0.3, 0.4) is 0 Å². The molecule has 0 unspecified atom stereocenters. The molecule has 1 rings (SSSR count). The van der Waals surface area contributed by atoms with Crippen LogP contribution in [0.25, 0.3) is 0 Å². The Bertz CT molecular complexity index is 660. The molecule has 0 N–H and O–H groups in total. The number of benzene rings is 1. The highest BCUT2D eigenvalue weighted by atomic mass is 32.2. The minimum Gasteiger partial charge on any atom is -0.465 e. The normalized spacial score (nSPS) is 11.6. The van der Waals surface area contributed by atoms with Crippen molar-refractivity contribution in [1.82, 2.24) is 4.90 Å². The number of nitrogens with zero attached hydrogens (tertiary/aromatic N) is 2. The van der Waals surface area contributed by atoms with E-state index in [-0.39, 0.29) is 18.0 Å². The lowest BCUT2D eigenvalue weighted by Crippen LogP contribution is -2.24. The molecule has 7 heteroatoms. The smallest absolute Gasteiger partial charge is 0.325 e. The molecule has 0 fully saturated rings. The molecule has 0 aromatic heterocycles. The largest absolute Gasteiger partial charge is 0.465 e. The summed E-state index contributed by atoms with van der Waals surface area (Å²) in [5, 5.41) is 9.07. The van der Waals surface area contributed by atoms with Crippen LogP contribution in [0, 0.1) is 11.3 Å². The third-order valence-corrected chi connectivity index (χ3v) is 4.14. The minimum absolute atomic E-state index is 0.0299. The number of likely N-dealkylation sites (N-methyl/N-ethyl adjacent to an activating group) is 1. The first-order valence-electron chi connectivity index (χ1n) is 6.19. The molecule has 0 atom stereocenters. The second-order valence-electron chi connectivity index (χ2n) is 4.14. The maximum atomic E-state index is 12.3. The van der Waals surface area contributed by atoms with Crippen LogP contribution in [0.15, 0.2) is 46.3 Å². The van der Waals surface area contributed by atoms with Crippen molar-refractivity contribution in [2.24, 2.45) is 0 Å². The lowest BCUT2D eigenvalue weighted by atomic mass is 10.4. The molecule has 0 aliphatic rings. The maximum Gasteiger partial charge on any atom is 0.325 e. The number of hydrogen-bond donors (Lipinski definition) is 0. The highest BCUT2D eigenvalue weighted by Crippen LogP contribution is 2.18. The quantitative estimate of drug-likeness (QED) is 0.582. The summed E-state index contributed by atoms with van der Waals surface area (Å²) in [5.74, 6) is -0.495. The van der Waals surface area contributed by atoms with Crippen LogP contribution in [0.5, 0.6) is 0 Å². The molecule has 1 aromatic carbocycles. The monoisotopic (exact) mass is 308 g/mol. The first-order valence-corrected chi connectivity index (χ1v) is 7.68. The van der Waals surface area contributed by atoms with Crippen molar-refractivity contribution >= 4 is 15.8 Å². The van der Waals surface area contributed by atoms with Gasteiger partial charge in [0.25, 0.3) is 0 Å². The van der Waals surface area contributed by atoms with Crippen molar-refractivity contribution in [2.75, 3.05) is 20.2 Å². The first kappa shape index (κ1) is 16.7. The molecule has 0 heterocycles. The van der Waals surface area contributed by atoms with E-state index in [1.807, 2.05) is 0 Å². The molecule has 0 radical (unpaired) electrons. The highest BCUT2D eigenvalue weighted by molar-refractivity contribution is 7.95. The fraction of sp³-hybridized carbons (Fsp3) is 0.286. The van der Waals surface area contributed by atoms with Gasteiger partial charge in [-0.1, -0.05) is 18.2 Å². The summed E-state index contributed by atoms with van der Waals surface area (Å²) < 4.78 is 29.3. The fourth-order valence-corrected chi connectivity index (χ4v) is 2.75. The number of esters is 1. The van der Waals surface area contributed by atoms with Gasteiger partial charge in [-0.05, 0) is 19.1 Å². The van der Waals surface area contributed by atoms with E-state index in [9.17, 15) is 13.2 Å². The number of sulfone groups is 1. The number of carbonyl (C=O) groups is 1. The molecule has 21 heavy (non-hydrogen) atoms. The van der Waals surface area contributed by atoms with Gasteiger partial charge in [-0.25, -0.2) is 8.42 Å². The van der Waals surface area contributed by atoms with E-state index in [2.05, 4.69) is 0 Å². The Morgan fingerprint density at radius 3 is 2.52 bits per heavy atom. The van der Waals surface area contributed by atoms with Gasteiger partial charge in [-0.2, -0.15) is 5.26 Å². The Balaban J connectivity index is 3.00. The van der Waals surface area contributed by atoms with Gasteiger partial charge in [0.15, 0.2) is 4.91 Å². The van der Waals surface area contributed by atoms with Gasteiger partial charge in [-0.3, -0.25) is 4.79 Å². The maximum absolute atomic E-state index is 12.3. The zero-order chi connectivity index (χ0) is 15.9. The van der Waals surface area contributed by atoms with E-state index < -0.39 is 20.7 Å². The van der Waals surface area contributed by atoms with E-state index in [4.69, 9.17) is 10.00 Å². The Hall–Kier alpha value is -2.33. The Labute approximate surface area is 124 Å². The second kappa shape index (κ2) is 7.45. The van der Waals surface area contributed by atoms with Crippen molar-refractivity contribution in [2.45, 2.75) is 11.8 Å². The minimum atomic E-state index is -3.89. The van der Waals surface area contributed by atoms with Crippen LogP contribution in [-0.4, -0.2) is 39.5 Å². The lowest BCUT2D eigenvalue weighted by Gasteiger charge is -2.13. The van der Waals surface area contributed by atoms with E-state index in [1.165, 1.54) is 24.1 Å². The van der Waals surface area contributed by atoms with Crippen molar-refractivity contribution in [3.8, 4) is 6.07 Å². The molecule has 112 valence electrons. The van der Waals surface area contributed by atoms with Gasteiger partial charge in [0.2, 0.25) is 9.84 Å². The Kier molecular flexibility index (Phi) is 5.93. The molecule has 0 amide bonds. The van der Waals surface area contributed by atoms with E-state index in [1.54, 1.807) is 31.2 Å². The standard InChI is InChI=1S/C14H16N2O4S/c1-3-20-14(17)11-16(2)10-13(9-15)21(18,19)12-7-5-4-6-8-12/h4-8,10H,3,11H2,1-2H3/b13-10+. The summed E-state index contributed by atoms with van der Waals surface area (Å²) in [6.07, 6.45) is 1.12. The zero-order valence-electron chi connectivity index (χ0n) is 11.8. The first-order chi connectivity index (χ1) is 9.91. The summed E-state index contributed by atoms with van der Waals surface area (Å²) in [6.45, 7) is 1.78. The summed E-state index contributed by atoms with van der Waals surface area (Å²) >= 11 is 0. The van der Waals surface area contributed by atoms with Crippen LogP contribution >= 0.6 is 0 Å². The molecule has 1 aromatic rings. The van der Waals surface area contributed by atoms with Crippen molar-refractivity contribution in [1.29, 1.82) is 5.26 Å². The summed E-state index contributed by atoms with van der Waals surface area (Å²) in [7, 11) is -2.39. The molecule has 6 nitrogen and oxygen atoms in total. The number of nitriles is 1. The van der Waals surface area contributed by atoms with Gasteiger partial charge >= 0.3 is 5.97 Å². The van der Waals surface area contributed by atoms with E-state index in [0.717, 1.165) is 6.20 Å². The number of hydrogen-bond acceptors (Lipinski definition) is 6. The third kappa shape index (κ3) is 4.61. The summed E-state index contributed by atoms with van der Waals surface area (Å²) in [4.78, 5) is 12.2. The van der Waals surface area contributed by atoms with Crippen LogP contribution < -0.4 is 0 Å². The zero-order valence-corrected chi connectivity index (χ0v) is 12.6. The third-order valence-electron chi connectivity index (χ3n) is 2.47. The average molecular weight is 308 g/mol. The fourth-order valence-electron chi connectivity index (χ4n) is 1.54. The van der Waals surface area contributed by atoms with E-state index >= 15 is 0 Å². The van der Waals surface area contributed by atoms with Crippen LogP contribution in [0.1, 0.15) is 6.92 Å². The predicted molar refractivity (Wildman–Crippen MR) is 76.6 cm³/mol. The molecule has 0 aliphatic heterocycles. The van der Waals surface area contributed by atoms with Gasteiger partial charge in [0.05, 0.1) is 11.5 Å². The molecule has 0 saturated heterocycles. The van der Waals surface area contributed by atoms with Crippen molar-refractivity contribution in [3.05, 3.63) is 41.4 Å². The number of rotatable bonds is 6. The molecule has 0 aliphatic carbocycles. The Morgan fingerprint density at radius 2 is 2.00 bits per heavy atom. The van der Waals surface area contributed by atoms with Gasteiger partial charge in [0, 0.05) is 13.2 Å². The number of carbonyl (C=O) groups excluding carboxylic acids is 1. The van der Waals surface area contributed by atoms with Gasteiger partial charge in [0.1, 0.15) is 12.6 Å². The van der Waals surface area contributed by atoms with E-state index in [0.29, 0.717) is 0 Å². The lowest BCUT2D eigenvalue weighted by molar-refractivity contribution is -0.143. The van der Waals surface area contributed by atoms with Crippen LogP contribution in [0.2, 0.25) is 0 Å². The van der Waals surface area contributed by atoms with Crippen LogP contribution in [-0.2, 0) is 19.4 Å². The van der Waals surface area contributed by atoms with Gasteiger partial charge in [-0.15, -0.1) is 0 Å². The summed E-state index contributed by atoms with van der Waals surface area (Å²) in [6, 6.07) is 9.30. The molecule has 0 saturated carbocycles. The number of allylic oxidation sites excluding steroid dienone is 1. The average Bonchev–Trinajstić information content (AvgIpc) is 2.45. The second-order valence-corrected chi connectivity index (χ2v) is 6.06. The molecule has 0 spiro atoms. The summed E-state index contributed by atoms with van der Waals surface area (Å²) in [5.41, 5.74) is 0. The number of ether oxygens (including phenoxy) is 1.